The van der Waals surface area contributed by atoms with Crippen LogP contribution in [0.25, 0.3) is 10.8 Å². The van der Waals surface area contributed by atoms with Gasteiger partial charge >= 0.3 is 15.5 Å². The Labute approximate surface area is 179 Å². The molecular formula is C19H24F3NO6S2. The van der Waals surface area contributed by atoms with Gasteiger partial charge in [-0.1, -0.05) is 49.6 Å². The fraction of sp³-hybridized carbons (Fsp3) is 0.474. The second-order valence-electron chi connectivity index (χ2n) is 6.98. The molecular weight excluding hydrogens is 459 g/mol. The van der Waals surface area contributed by atoms with E-state index in [1.54, 1.807) is 18.2 Å². The highest BCUT2D eigenvalue weighted by Crippen LogP contribution is 2.21. The number of rotatable bonds is 12. The van der Waals surface area contributed by atoms with Crippen molar-refractivity contribution in [1.29, 1.82) is 0 Å². The number of benzene rings is 2. The molecule has 1 atom stereocenters. The number of hydroxylamine groups is 1. The lowest BCUT2D eigenvalue weighted by Crippen LogP contribution is -3.10. The highest BCUT2D eigenvalue weighted by molar-refractivity contribution is 7.86. The highest BCUT2D eigenvalue weighted by Gasteiger charge is 2.51. The van der Waals surface area contributed by atoms with Crippen LogP contribution in [0, 0.1) is 5.21 Å². The number of sulfonamides is 1. The Morgan fingerprint density at radius 3 is 2.06 bits per heavy atom. The van der Waals surface area contributed by atoms with E-state index in [0.29, 0.717) is 32.1 Å². The smallest absolute Gasteiger partial charge is 0.549 e. The maximum Gasteiger partial charge on any atom is 0.549 e. The van der Waals surface area contributed by atoms with Gasteiger partial charge < -0.3 is 5.21 Å². The second-order valence-corrected chi connectivity index (χ2v) is 10.5. The van der Waals surface area contributed by atoms with Crippen molar-refractivity contribution in [2.75, 3.05) is 13.2 Å². The molecule has 0 saturated carbocycles. The van der Waals surface area contributed by atoms with Crippen LogP contribution in [0.4, 0.5) is 13.2 Å². The molecule has 1 unspecified atom stereocenters. The minimum atomic E-state index is -5.74. The van der Waals surface area contributed by atoms with Crippen molar-refractivity contribution < 1.29 is 38.7 Å². The van der Waals surface area contributed by atoms with Gasteiger partial charge in [-0.3, -0.25) is 8.65 Å². The molecule has 0 aromatic heterocycles. The second kappa shape index (κ2) is 10.7. The largest absolute Gasteiger partial charge is 0.618 e. The van der Waals surface area contributed by atoms with E-state index in [9.17, 15) is 35.2 Å². The lowest BCUT2D eigenvalue weighted by molar-refractivity contribution is -0.712. The molecule has 0 heterocycles. The summed E-state index contributed by atoms with van der Waals surface area (Å²) >= 11 is 0. The topological polar surface area (TPSA) is 105 Å². The Morgan fingerprint density at radius 1 is 0.839 bits per heavy atom. The summed E-state index contributed by atoms with van der Waals surface area (Å²) in [4.78, 5) is 0.0738. The third-order valence-electron chi connectivity index (χ3n) is 4.63. The van der Waals surface area contributed by atoms with Gasteiger partial charge in [0.2, 0.25) is 0 Å². The molecule has 1 N–H and O–H groups in total. The molecule has 2 aromatic carbocycles. The third kappa shape index (κ3) is 7.14. The number of nitrogens with one attached hydrogen (secondary N) is 1. The van der Waals surface area contributed by atoms with Crippen molar-refractivity contribution in [2.45, 2.75) is 48.9 Å². The molecule has 12 heteroatoms. The van der Waals surface area contributed by atoms with E-state index in [1.165, 1.54) is 6.07 Å². The molecule has 174 valence electrons. The fourth-order valence-corrected chi connectivity index (χ4v) is 4.55. The van der Waals surface area contributed by atoms with E-state index < -0.39 is 36.7 Å². The Kier molecular flexibility index (Phi) is 8.83. The number of alkyl halides is 3. The van der Waals surface area contributed by atoms with Crippen molar-refractivity contribution in [3.8, 4) is 0 Å². The van der Waals surface area contributed by atoms with Crippen LogP contribution in [0.3, 0.4) is 0 Å². The van der Waals surface area contributed by atoms with Crippen LogP contribution in [-0.2, 0) is 24.3 Å². The first-order valence-corrected chi connectivity index (χ1v) is 12.6. The molecule has 0 aliphatic carbocycles. The van der Waals surface area contributed by atoms with Crippen molar-refractivity contribution >= 4 is 30.9 Å². The van der Waals surface area contributed by atoms with Gasteiger partial charge in [-0.05, 0) is 42.2 Å². The minimum Gasteiger partial charge on any atom is -0.618 e. The fourth-order valence-electron chi connectivity index (χ4n) is 2.90. The summed E-state index contributed by atoms with van der Waals surface area (Å²) in [7, 11) is -9.62. The lowest BCUT2D eigenvalue weighted by atomic mass is 10.1. The zero-order valence-corrected chi connectivity index (χ0v) is 18.2. The van der Waals surface area contributed by atoms with Crippen LogP contribution in [0.1, 0.15) is 38.5 Å². The summed E-state index contributed by atoms with van der Waals surface area (Å²) in [6.45, 7) is -0.674. The SMILES string of the molecule is O=S(=O)(OCCCCCCCC[NH+]([O-])S(=O)(=O)C(F)(F)F)c1ccc2ccccc2c1. The molecule has 7 nitrogen and oxygen atoms in total. The first-order chi connectivity index (χ1) is 14.4. The van der Waals surface area contributed by atoms with Crippen LogP contribution >= 0.6 is 0 Å². The van der Waals surface area contributed by atoms with Gasteiger partial charge in [-0.15, -0.1) is 0 Å². The van der Waals surface area contributed by atoms with Crippen molar-refractivity contribution in [3.63, 3.8) is 0 Å². The molecule has 0 fully saturated rings. The quantitative estimate of drug-likeness (QED) is 0.283. The molecule has 2 rings (SSSR count). The normalized spacial score (nSPS) is 14.1. The Bertz CT molecular complexity index is 1070. The zero-order chi connectivity index (χ0) is 23.1. The lowest BCUT2D eigenvalue weighted by Gasteiger charge is -2.22. The van der Waals surface area contributed by atoms with E-state index in [2.05, 4.69) is 0 Å². The van der Waals surface area contributed by atoms with Gasteiger partial charge in [0.25, 0.3) is 10.1 Å². The van der Waals surface area contributed by atoms with Crippen molar-refractivity contribution in [1.82, 2.24) is 0 Å². The number of hydrogen-bond donors (Lipinski definition) is 1. The summed E-state index contributed by atoms with van der Waals surface area (Å²) < 4.78 is 86.3. The standard InChI is InChI=1S/C19H24F3NO6S2/c20-19(21,22)31(27,28)23(24)13-7-3-1-2-4-8-14-29-30(25,26)18-12-11-16-9-5-6-10-17(16)15-18/h5-6,9-12,15,23H,1-4,7-8,13-14H2. The van der Waals surface area contributed by atoms with Crippen LogP contribution < -0.4 is 4.47 Å². The minimum absolute atomic E-state index is 0.00251. The van der Waals surface area contributed by atoms with Crippen LogP contribution in [-0.4, -0.2) is 35.5 Å². The van der Waals surface area contributed by atoms with Gasteiger partial charge in [-0.25, -0.2) is 0 Å². The summed E-state index contributed by atoms with van der Waals surface area (Å²) in [5.74, 6) is 0. The molecule has 0 spiro atoms. The number of hydrogen-bond acceptors (Lipinski definition) is 6. The van der Waals surface area contributed by atoms with Gasteiger partial charge in [0.05, 0.1) is 18.0 Å². The van der Waals surface area contributed by atoms with Crippen LogP contribution in [0.15, 0.2) is 47.4 Å². The Balaban J connectivity index is 1.63. The van der Waals surface area contributed by atoms with Crippen molar-refractivity contribution in [2.24, 2.45) is 0 Å². The van der Waals surface area contributed by atoms with E-state index in [1.807, 2.05) is 18.2 Å². The number of fused-ring (bicyclic) bond motifs is 1. The van der Waals surface area contributed by atoms with E-state index >= 15 is 0 Å². The van der Waals surface area contributed by atoms with E-state index in [-0.39, 0.29) is 17.9 Å². The number of quaternary nitrogens is 1. The molecule has 0 bridgehead atoms. The molecule has 0 amide bonds. The van der Waals surface area contributed by atoms with Gasteiger partial charge in [-0.2, -0.15) is 30.0 Å². The maximum absolute atomic E-state index is 12.3. The maximum atomic E-state index is 12.3. The molecule has 0 aliphatic heterocycles. The average molecular weight is 484 g/mol. The van der Waals surface area contributed by atoms with Crippen molar-refractivity contribution in [3.05, 3.63) is 47.7 Å². The molecule has 31 heavy (non-hydrogen) atoms. The predicted molar refractivity (Wildman–Crippen MR) is 109 cm³/mol. The summed E-state index contributed by atoms with van der Waals surface area (Å²) in [5, 5.41) is 12.9. The summed E-state index contributed by atoms with van der Waals surface area (Å²) in [6, 6.07) is 12.1. The first-order valence-electron chi connectivity index (χ1n) is 9.67. The van der Waals surface area contributed by atoms with Gasteiger partial charge in [0, 0.05) is 0 Å². The zero-order valence-electron chi connectivity index (χ0n) is 16.6. The predicted octanol–water partition coefficient (Wildman–Crippen LogP) is 3.12. The monoisotopic (exact) mass is 483 g/mol. The number of halogens is 3. The van der Waals surface area contributed by atoms with Crippen LogP contribution in [0.2, 0.25) is 0 Å². The third-order valence-corrected chi connectivity index (χ3v) is 7.35. The van der Waals surface area contributed by atoms with E-state index in [4.69, 9.17) is 4.18 Å². The van der Waals surface area contributed by atoms with E-state index in [0.717, 1.165) is 10.8 Å². The highest BCUT2D eigenvalue weighted by atomic mass is 32.2. The Hall–Kier alpha value is -1.73. The summed E-state index contributed by atoms with van der Waals surface area (Å²) in [5.41, 5.74) is -5.56. The molecule has 0 saturated heterocycles. The molecule has 0 radical (unpaired) electrons. The summed E-state index contributed by atoms with van der Waals surface area (Å²) in [6.07, 6.45) is 2.77. The molecule has 0 aliphatic rings. The average Bonchev–Trinajstić information content (AvgIpc) is 2.71. The molecule has 2 aromatic rings. The van der Waals surface area contributed by atoms with Gasteiger partial charge in [0.1, 0.15) is 0 Å². The van der Waals surface area contributed by atoms with Crippen LogP contribution in [0.5, 0.6) is 0 Å². The first kappa shape index (κ1) is 25.5. The van der Waals surface area contributed by atoms with Gasteiger partial charge in [0.15, 0.2) is 0 Å². The number of unbranched alkanes of at least 4 members (excludes halogenated alkanes) is 5. The Morgan fingerprint density at radius 2 is 1.42 bits per heavy atom.